The molecule has 4 nitrogen and oxygen atoms in total. The molecule has 1 N–H and O–H groups in total. The van der Waals surface area contributed by atoms with Gasteiger partial charge in [-0.15, -0.1) is 0 Å². The Kier molecular flexibility index (Phi) is 5.04. The number of allylic oxidation sites excluding steroid dienone is 2. The van der Waals surface area contributed by atoms with E-state index >= 15 is 0 Å². The number of aromatic nitrogens is 3. The van der Waals surface area contributed by atoms with Gasteiger partial charge in [0.25, 0.3) is 0 Å². The molecular weight excluding hydrogens is 416 g/mol. The fraction of sp³-hybridized carbons (Fsp3) is 0.0667. The SMILES string of the molecule is CN1CC=CC=C1c1cccc(-c2ccc3[nH]nc(-c4cccc(-c5ccccn5)c4)c3c2)c1. The van der Waals surface area contributed by atoms with Crippen LogP contribution in [0.3, 0.4) is 0 Å². The zero-order chi connectivity index (χ0) is 22.9. The Balaban J connectivity index is 1.41. The van der Waals surface area contributed by atoms with Crippen molar-refractivity contribution < 1.29 is 0 Å². The molecule has 1 aliphatic heterocycles. The summed E-state index contributed by atoms with van der Waals surface area (Å²) in [5.41, 5.74) is 9.91. The topological polar surface area (TPSA) is 44.8 Å². The van der Waals surface area contributed by atoms with Crippen molar-refractivity contribution in [1.29, 1.82) is 0 Å². The first-order chi connectivity index (χ1) is 16.8. The van der Waals surface area contributed by atoms with Crippen molar-refractivity contribution in [2.24, 2.45) is 0 Å². The summed E-state index contributed by atoms with van der Waals surface area (Å²) in [5.74, 6) is 0. The van der Waals surface area contributed by atoms with Crippen LogP contribution < -0.4 is 0 Å². The van der Waals surface area contributed by atoms with Gasteiger partial charge in [-0.3, -0.25) is 10.1 Å². The number of rotatable bonds is 4. The molecule has 5 aromatic rings. The normalized spacial score (nSPS) is 13.3. The molecule has 4 heteroatoms. The number of benzene rings is 3. The van der Waals surface area contributed by atoms with Crippen molar-refractivity contribution in [3.63, 3.8) is 0 Å². The predicted octanol–water partition coefficient (Wildman–Crippen LogP) is 6.80. The minimum atomic E-state index is 0.929. The van der Waals surface area contributed by atoms with Gasteiger partial charge in [-0.25, -0.2) is 0 Å². The van der Waals surface area contributed by atoms with E-state index in [9.17, 15) is 0 Å². The van der Waals surface area contributed by atoms with Crippen molar-refractivity contribution in [3.05, 3.63) is 115 Å². The van der Waals surface area contributed by atoms with Gasteiger partial charge < -0.3 is 4.90 Å². The van der Waals surface area contributed by atoms with E-state index < -0.39 is 0 Å². The molecule has 6 rings (SSSR count). The average molecular weight is 441 g/mol. The fourth-order valence-corrected chi connectivity index (χ4v) is 4.55. The van der Waals surface area contributed by atoms with Crippen LogP contribution in [0.4, 0.5) is 0 Å². The Bertz CT molecular complexity index is 1540. The van der Waals surface area contributed by atoms with Crippen molar-refractivity contribution in [2.45, 2.75) is 0 Å². The Morgan fingerprint density at radius 2 is 1.56 bits per heavy atom. The Morgan fingerprint density at radius 1 is 0.765 bits per heavy atom. The van der Waals surface area contributed by atoms with Gasteiger partial charge in [0.15, 0.2) is 0 Å². The average Bonchev–Trinajstić information content (AvgIpc) is 3.33. The van der Waals surface area contributed by atoms with E-state index in [4.69, 9.17) is 0 Å². The van der Waals surface area contributed by atoms with Gasteiger partial charge >= 0.3 is 0 Å². The van der Waals surface area contributed by atoms with E-state index in [2.05, 4.69) is 112 Å². The second-order valence-electron chi connectivity index (χ2n) is 8.57. The van der Waals surface area contributed by atoms with E-state index in [1.165, 1.54) is 22.4 Å². The lowest BCUT2D eigenvalue weighted by atomic mass is 9.97. The summed E-state index contributed by atoms with van der Waals surface area (Å²) in [5, 5.41) is 8.98. The lowest BCUT2D eigenvalue weighted by Crippen LogP contribution is -2.18. The van der Waals surface area contributed by atoms with Crippen LogP contribution in [0.15, 0.2) is 109 Å². The number of H-pyrrole nitrogens is 1. The number of hydrogen-bond acceptors (Lipinski definition) is 3. The van der Waals surface area contributed by atoms with E-state index in [-0.39, 0.29) is 0 Å². The third-order valence-electron chi connectivity index (χ3n) is 6.33. The van der Waals surface area contributed by atoms with E-state index in [0.717, 1.165) is 40.0 Å². The summed E-state index contributed by atoms with van der Waals surface area (Å²) < 4.78 is 0. The molecule has 3 aromatic carbocycles. The number of aromatic amines is 1. The van der Waals surface area contributed by atoms with Gasteiger partial charge in [0.05, 0.1) is 16.9 Å². The molecule has 0 fully saturated rings. The van der Waals surface area contributed by atoms with Crippen LogP contribution in [0, 0.1) is 0 Å². The number of likely N-dealkylation sites (N-methyl/N-ethyl adjacent to an activating group) is 1. The van der Waals surface area contributed by atoms with Gasteiger partial charge in [-0.1, -0.05) is 60.7 Å². The summed E-state index contributed by atoms with van der Waals surface area (Å²) in [6.07, 6.45) is 8.30. The lowest BCUT2D eigenvalue weighted by molar-refractivity contribution is 0.531. The van der Waals surface area contributed by atoms with Gasteiger partial charge in [0.1, 0.15) is 0 Å². The first-order valence-electron chi connectivity index (χ1n) is 11.4. The van der Waals surface area contributed by atoms with Crippen LogP contribution in [0.1, 0.15) is 5.56 Å². The number of hydrogen-bond donors (Lipinski definition) is 1. The summed E-state index contributed by atoms with van der Waals surface area (Å²) >= 11 is 0. The Morgan fingerprint density at radius 3 is 2.41 bits per heavy atom. The second kappa shape index (κ2) is 8.49. The third-order valence-corrected chi connectivity index (χ3v) is 6.33. The fourth-order valence-electron chi connectivity index (χ4n) is 4.55. The van der Waals surface area contributed by atoms with E-state index in [1.807, 2.05) is 24.4 Å². The number of nitrogens with zero attached hydrogens (tertiary/aromatic N) is 3. The maximum Gasteiger partial charge on any atom is 0.0999 e. The molecule has 34 heavy (non-hydrogen) atoms. The predicted molar refractivity (Wildman–Crippen MR) is 140 cm³/mol. The first-order valence-corrected chi connectivity index (χ1v) is 11.4. The molecule has 0 aliphatic carbocycles. The van der Waals surface area contributed by atoms with Crippen molar-refractivity contribution in [1.82, 2.24) is 20.1 Å². The third kappa shape index (κ3) is 3.69. The van der Waals surface area contributed by atoms with Crippen molar-refractivity contribution in [3.8, 4) is 33.6 Å². The lowest BCUT2D eigenvalue weighted by Gasteiger charge is -2.24. The molecule has 164 valence electrons. The van der Waals surface area contributed by atoms with Crippen LogP contribution in [0.25, 0.3) is 50.2 Å². The first kappa shape index (κ1) is 20.2. The maximum atomic E-state index is 4.67. The minimum absolute atomic E-state index is 0.929. The summed E-state index contributed by atoms with van der Waals surface area (Å²) in [4.78, 5) is 6.77. The van der Waals surface area contributed by atoms with Crippen molar-refractivity contribution in [2.75, 3.05) is 13.6 Å². The zero-order valence-corrected chi connectivity index (χ0v) is 18.9. The molecule has 0 amide bonds. The van der Waals surface area contributed by atoms with Crippen LogP contribution in [-0.2, 0) is 0 Å². The highest BCUT2D eigenvalue weighted by Gasteiger charge is 2.13. The van der Waals surface area contributed by atoms with E-state index in [1.54, 1.807) is 0 Å². The summed E-state index contributed by atoms with van der Waals surface area (Å²) in [6.45, 7) is 0.929. The van der Waals surface area contributed by atoms with Gasteiger partial charge in [0.2, 0.25) is 0 Å². The molecule has 0 saturated carbocycles. The molecule has 0 unspecified atom stereocenters. The molecule has 0 spiro atoms. The number of pyridine rings is 1. The highest BCUT2D eigenvalue weighted by Crippen LogP contribution is 2.33. The second-order valence-corrected chi connectivity index (χ2v) is 8.57. The highest BCUT2D eigenvalue weighted by molar-refractivity contribution is 5.96. The summed E-state index contributed by atoms with van der Waals surface area (Å²) in [7, 11) is 2.13. The highest BCUT2D eigenvalue weighted by atomic mass is 15.1. The molecule has 1 aliphatic rings. The zero-order valence-electron chi connectivity index (χ0n) is 18.9. The van der Waals surface area contributed by atoms with E-state index in [0.29, 0.717) is 0 Å². The van der Waals surface area contributed by atoms with Gasteiger partial charge in [-0.05, 0) is 59.2 Å². The van der Waals surface area contributed by atoms with Crippen LogP contribution in [0.5, 0.6) is 0 Å². The molecular formula is C30H24N4. The number of fused-ring (bicyclic) bond motifs is 1. The van der Waals surface area contributed by atoms with Crippen molar-refractivity contribution >= 4 is 16.6 Å². The standard InChI is InChI=1S/C30H24N4/c1-34-17-5-3-13-29(34)24-10-6-8-21(18-24)22-14-15-28-26(20-22)30(33-32-28)25-11-7-9-23(19-25)27-12-2-4-16-31-27/h2-16,18-20H,17H2,1H3,(H,32,33). The maximum absolute atomic E-state index is 4.67. The molecule has 3 heterocycles. The van der Waals surface area contributed by atoms with Gasteiger partial charge in [0, 0.05) is 42.0 Å². The van der Waals surface area contributed by atoms with Gasteiger partial charge in [-0.2, -0.15) is 5.10 Å². The van der Waals surface area contributed by atoms with Crippen LogP contribution >= 0.6 is 0 Å². The minimum Gasteiger partial charge on any atom is -0.370 e. The molecule has 0 saturated heterocycles. The van der Waals surface area contributed by atoms with Crippen LogP contribution in [0.2, 0.25) is 0 Å². The monoisotopic (exact) mass is 440 g/mol. The quantitative estimate of drug-likeness (QED) is 0.334. The number of nitrogens with one attached hydrogen (secondary N) is 1. The Hall–Kier alpha value is -4.44. The molecule has 0 atom stereocenters. The summed E-state index contributed by atoms with van der Waals surface area (Å²) in [6, 6.07) is 29.7. The Labute approximate surface area is 198 Å². The molecule has 0 bridgehead atoms. The molecule has 0 radical (unpaired) electrons. The smallest absolute Gasteiger partial charge is 0.0999 e. The molecule has 2 aromatic heterocycles. The van der Waals surface area contributed by atoms with Crippen LogP contribution in [-0.4, -0.2) is 33.7 Å². The largest absolute Gasteiger partial charge is 0.370 e.